The lowest BCUT2D eigenvalue weighted by molar-refractivity contribution is -0.110. The van der Waals surface area contributed by atoms with E-state index >= 15 is 0 Å². The van der Waals surface area contributed by atoms with Gasteiger partial charge < -0.3 is 10.3 Å². The van der Waals surface area contributed by atoms with Crippen LogP contribution in [-0.2, 0) is 4.79 Å². The fourth-order valence-corrected chi connectivity index (χ4v) is 3.96. The second-order valence-corrected chi connectivity index (χ2v) is 7.52. The van der Waals surface area contributed by atoms with E-state index in [1.54, 1.807) is 6.21 Å². The highest BCUT2D eigenvalue weighted by Crippen LogP contribution is 2.37. The van der Waals surface area contributed by atoms with E-state index in [0.29, 0.717) is 11.1 Å². The van der Waals surface area contributed by atoms with Crippen molar-refractivity contribution in [3.63, 3.8) is 0 Å². The number of hydrogen-bond acceptors (Lipinski definition) is 3. The van der Waals surface area contributed by atoms with Crippen LogP contribution < -0.4 is 5.32 Å². The molecular formula is C24H19N3O2. The predicted octanol–water partition coefficient (Wildman–Crippen LogP) is 4.41. The van der Waals surface area contributed by atoms with Gasteiger partial charge in [0.15, 0.2) is 5.78 Å². The first kappa shape index (κ1) is 17.4. The molecule has 5 heteroatoms. The molecule has 0 radical (unpaired) electrons. The standard InChI is InChI=1S/C24H19N3O2/c1-13-7-14(2)26-22(13)10-20-19-9-16(5-6-21(19)27-24(20)29)15-3-4-17-11-25-12-23(28)18(17)8-15/h3-11,26H,12H2,1-2H3,(H,27,29)/b20-10-. The smallest absolute Gasteiger partial charge is 0.256 e. The number of aliphatic imine (C=N–C) groups is 1. The molecule has 0 aliphatic carbocycles. The highest BCUT2D eigenvalue weighted by Gasteiger charge is 2.25. The lowest BCUT2D eigenvalue weighted by atomic mass is 9.94. The minimum atomic E-state index is -0.111. The summed E-state index contributed by atoms with van der Waals surface area (Å²) in [5, 5.41) is 2.94. The van der Waals surface area contributed by atoms with E-state index in [-0.39, 0.29) is 18.2 Å². The highest BCUT2D eigenvalue weighted by molar-refractivity contribution is 6.35. The molecule has 0 saturated heterocycles. The van der Waals surface area contributed by atoms with Crippen LogP contribution in [0.5, 0.6) is 0 Å². The zero-order valence-electron chi connectivity index (χ0n) is 16.2. The lowest BCUT2D eigenvalue weighted by Crippen LogP contribution is -2.12. The Kier molecular flexibility index (Phi) is 3.84. The van der Waals surface area contributed by atoms with Gasteiger partial charge in [0.25, 0.3) is 5.91 Å². The third-order valence-corrected chi connectivity index (χ3v) is 5.43. The minimum Gasteiger partial charge on any atom is -0.359 e. The molecule has 0 bridgehead atoms. The van der Waals surface area contributed by atoms with Crippen molar-refractivity contribution in [1.82, 2.24) is 4.98 Å². The maximum Gasteiger partial charge on any atom is 0.256 e. The van der Waals surface area contributed by atoms with Gasteiger partial charge in [0.05, 0.1) is 5.57 Å². The molecule has 0 atom stereocenters. The number of nitrogens with one attached hydrogen (secondary N) is 2. The molecule has 1 aromatic heterocycles. The van der Waals surface area contributed by atoms with Crippen molar-refractivity contribution in [1.29, 1.82) is 0 Å². The zero-order chi connectivity index (χ0) is 20.1. The Hall–Kier alpha value is -3.73. The average Bonchev–Trinajstić information content (AvgIpc) is 3.19. The molecule has 0 spiro atoms. The fraction of sp³-hybridized carbons (Fsp3) is 0.125. The molecule has 2 N–H and O–H groups in total. The maximum absolute atomic E-state index is 12.6. The number of Topliss-reactive ketones (excluding diaryl/α,β-unsaturated/α-hetero) is 1. The molecule has 2 aliphatic heterocycles. The molecule has 142 valence electrons. The van der Waals surface area contributed by atoms with Gasteiger partial charge in [-0.15, -0.1) is 0 Å². The summed E-state index contributed by atoms with van der Waals surface area (Å²) in [7, 11) is 0. The van der Waals surface area contributed by atoms with Gasteiger partial charge in [0.2, 0.25) is 0 Å². The third-order valence-electron chi connectivity index (χ3n) is 5.43. The van der Waals surface area contributed by atoms with E-state index in [4.69, 9.17) is 0 Å². The number of ketones is 1. The molecule has 3 aromatic rings. The van der Waals surface area contributed by atoms with Crippen LogP contribution in [0.15, 0.2) is 47.5 Å². The molecule has 0 saturated carbocycles. The summed E-state index contributed by atoms with van der Waals surface area (Å²) in [6, 6.07) is 13.8. The Morgan fingerprint density at radius 1 is 0.966 bits per heavy atom. The third kappa shape index (κ3) is 2.91. The summed E-state index contributed by atoms with van der Waals surface area (Å²) in [6.07, 6.45) is 3.65. The average molecular weight is 381 g/mol. The van der Waals surface area contributed by atoms with E-state index in [1.807, 2.05) is 56.3 Å². The largest absolute Gasteiger partial charge is 0.359 e. The number of nitrogens with zero attached hydrogens (tertiary/aromatic N) is 1. The molecule has 2 aromatic carbocycles. The van der Waals surface area contributed by atoms with Gasteiger partial charge in [-0.1, -0.05) is 18.2 Å². The number of carbonyl (C=O) groups excluding carboxylic acids is 2. The molecule has 3 heterocycles. The number of anilines is 1. The Morgan fingerprint density at radius 2 is 1.72 bits per heavy atom. The molecule has 0 fully saturated rings. The first-order valence-electron chi connectivity index (χ1n) is 9.51. The van der Waals surface area contributed by atoms with Gasteiger partial charge in [-0.2, -0.15) is 0 Å². The Balaban J connectivity index is 1.60. The van der Waals surface area contributed by atoms with Crippen LogP contribution >= 0.6 is 0 Å². The number of aromatic nitrogens is 1. The Labute approximate surface area is 168 Å². The van der Waals surface area contributed by atoms with Crippen LogP contribution in [-0.4, -0.2) is 29.4 Å². The molecule has 1 amide bonds. The van der Waals surface area contributed by atoms with E-state index in [1.165, 1.54) is 0 Å². The van der Waals surface area contributed by atoms with Crippen molar-refractivity contribution in [3.05, 3.63) is 76.1 Å². The number of amides is 1. The van der Waals surface area contributed by atoms with E-state index in [2.05, 4.69) is 21.4 Å². The van der Waals surface area contributed by atoms with Gasteiger partial charge in [-0.05, 0) is 60.9 Å². The molecule has 2 aliphatic rings. The number of aryl methyl sites for hydroxylation is 2. The van der Waals surface area contributed by atoms with Crippen molar-refractivity contribution >= 4 is 35.2 Å². The minimum absolute atomic E-state index is 0.0283. The SMILES string of the molecule is Cc1cc(C)c(/C=C2\C(=O)Nc3ccc(-c4ccc5c(c4)C(=O)CN=C5)cc32)[nH]1. The van der Waals surface area contributed by atoms with Crippen molar-refractivity contribution in [2.24, 2.45) is 4.99 Å². The maximum atomic E-state index is 12.6. The van der Waals surface area contributed by atoms with E-state index in [9.17, 15) is 9.59 Å². The molecule has 0 unspecified atom stereocenters. The quantitative estimate of drug-likeness (QED) is 0.646. The van der Waals surface area contributed by atoms with Crippen LogP contribution in [0.4, 0.5) is 5.69 Å². The highest BCUT2D eigenvalue weighted by atomic mass is 16.2. The summed E-state index contributed by atoms with van der Waals surface area (Å²) in [6.45, 7) is 4.21. The van der Waals surface area contributed by atoms with Crippen molar-refractivity contribution in [3.8, 4) is 11.1 Å². The van der Waals surface area contributed by atoms with Crippen LogP contribution in [0.2, 0.25) is 0 Å². The number of fused-ring (bicyclic) bond motifs is 2. The Morgan fingerprint density at radius 3 is 2.48 bits per heavy atom. The normalized spacial score (nSPS) is 16.1. The first-order valence-corrected chi connectivity index (χ1v) is 9.51. The van der Waals surface area contributed by atoms with Gasteiger partial charge >= 0.3 is 0 Å². The van der Waals surface area contributed by atoms with Crippen LogP contribution in [0.3, 0.4) is 0 Å². The second-order valence-electron chi connectivity index (χ2n) is 7.52. The summed E-state index contributed by atoms with van der Waals surface area (Å²) in [5.41, 5.74) is 8.84. The van der Waals surface area contributed by atoms with Crippen molar-refractivity contribution < 1.29 is 9.59 Å². The van der Waals surface area contributed by atoms with Gasteiger partial charge in [-0.3, -0.25) is 14.6 Å². The molecule has 29 heavy (non-hydrogen) atoms. The number of carbonyl (C=O) groups is 2. The van der Waals surface area contributed by atoms with Crippen molar-refractivity contribution in [2.45, 2.75) is 13.8 Å². The fourth-order valence-electron chi connectivity index (χ4n) is 3.96. The van der Waals surface area contributed by atoms with Crippen LogP contribution in [0.1, 0.15) is 38.4 Å². The number of hydrogen-bond donors (Lipinski definition) is 2. The second kappa shape index (κ2) is 6.41. The summed E-state index contributed by atoms with van der Waals surface area (Å²) in [4.78, 5) is 32.2. The first-order chi connectivity index (χ1) is 14.0. The number of aromatic amines is 1. The molecule has 5 rings (SSSR count). The molecular weight excluding hydrogens is 362 g/mol. The molecule has 5 nitrogen and oxygen atoms in total. The van der Waals surface area contributed by atoms with Crippen molar-refractivity contribution in [2.75, 3.05) is 11.9 Å². The van der Waals surface area contributed by atoms with Gasteiger partial charge in [0.1, 0.15) is 6.54 Å². The lowest BCUT2D eigenvalue weighted by Gasteiger charge is -2.12. The summed E-state index contributed by atoms with van der Waals surface area (Å²) >= 11 is 0. The topological polar surface area (TPSA) is 74.3 Å². The predicted molar refractivity (Wildman–Crippen MR) is 115 cm³/mol. The number of H-pyrrole nitrogens is 1. The van der Waals surface area contributed by atoms with Gasteiger partial charge in [0, 0.05) is 40.0 Å². The van der Waals surface area contributed by atoms with E-state index < -0.39 is 0 Å². The number of benzene rings is 2. The zero-order valence-corrected chi connectivity index (χ0v) is 16.2. The summed E-state index contributed by atoms with van der Waals surface area (Å²) in [5.74, 6) is -0.0823. The van der Waals surface area contributed by atoms with E-state index in [0.717, 1.165) is 44.9 Å². The summed E-state index contributed by atoms with van der Waals surface area (Å²) < 4.78 is 0. The van der Waals surface area contributed by atoms with Crippen LogP contribution in [0.25, 0.3) is 22.8 Å². The monoisotopic (exact) mass is 381 g/mol. The van der Waals surface area contributed by atoms with Crippen LogP contribution in [0, 0.1) is 13.8 Å². The Bertz CT molecular complexity index is 1260. The number of rotatable bonds is 2. The van der Waals surface area contributed by atoms with Gasteiger partial charge in [-0.25, -0.2) is 0 Å².